The normalized spacial score (nSPS) is 12.7. The number of H-pyrrole nitrogens is 1. The predicted molar refractivity (Wildman–Crippen MR) is 141 cm³/mol. The van der Waals surface area contributed by atoms with Crippen LogP contribution in [0.5, 0.6) is 0 Å². The molecule has 2 aromatic carbocycles. The van der Waals surface area contributed by atoms with Crippen LogP contribution in [0, 0.1) is 0 Å². The van der Waals surface area contributed by atoms with Crippen molar-refractivity contribution in [2.75, 3.05) is 6.54 Å². The third-order valence-corrected chi connectivity index (χ3v) is 5.45. The molecule has 4 N–H and O–H groups in total. The van der Waals surface area contributed by atoms with Crippen LogP contribution in [0.1, 0.15) is 37.6 Å². The molecule has 0 radical (unpaired) electrons. The van der Waals surface area contributed by atoms with Gasteiger partial charge in [0.1, 0.15) is 17.7 Å². The van der Waals surface area contributed by atoms with E-state index in [1.54, 1.807) is 33.3 Å². The molecule has 1 aromatic heterocycles. The number of imidazole rings is 1. The second-order valence-corrected chi connectivity index (χ2v) is 9.76. The van der Waals surface area contributed by atoms with Crippen molar-refractivity contribution in [2.45, 2.75) is 57.7 Å². The molecule has 0 saturated heterocycles. The quantitative estimate of drug-likeness (QED) is 0.319. The lowest BCUT2D eigenvalue weighted by molar-refractivity contribution is -0.130. The second kappa shape index (κ2) is 13.2. The first-order valence-corrected chi connectivity index (χ1v) is 12.3. The Labute approximate surface area is 217 Å². The molecule has 3 aromatic rings. The van der Waals surface area contributed by atoms with E-state index >= 15 is 0 Å². The molecule has 0 fully saturated rings. The summed E-state index contributed by atoms with van der Waals surface area (Å²) in [5.74, 6) is -0.785. The summed E-state index contributed by atoms with van der Waals surface area (Å²) >= 11 is 0. The van der Waals surface area contributed by atoms with Crippen molar-refractivity contribution in [1.29, 1.82) is 0 Å². The Morgan fingerprint density at radius 3 is 1.95 bits per heavy atom. The molecule has 3 amide bonds. The highest BCUT2D eigenvalue weighted by Gasteiger charge is 2.29. The fraction of sp³-hybridized carbons (Fsp3) is 0.357. The molecule has 0 spiro atoms. The van der Waals surface area contributed by atoms with Crippen molar-refractivity contribution >= 4 is 17.9 Å². The zero-order valence-electron chi connectivity index (χ0n) is 21.5. The number of ether oxygens (including phenoxy) is 1. The number of rotatable bonds is 11. The Bertz CT molecular complexity index is 1130. The average molecular weight is 506 g/mol. The Kier molecular flexibility index (Phi) is 9.83. The molecule has 2 atom stereocenters. The number of nitrogens with one attached hydrogen (secondary N) is 4. The average Bonchev–Trinajstić information content (AvgIpc) is 3.37. The van der Waals surface area contributed by atoms with Crippen molar-refractivity contribution in [2.24, 2.45) is 0 Å². The smallest absolute Gasteiger partial charge is 0.408 e. The monoisotopic (exact) mass is 505 g/mol. The Balaban J connectivity index is 1.73. The first-order valence-electron chi connectivity index (χ1n) is 12.3. The van der Waals surface area contributed by atoms with Crippen molar-refractivity contribution in [3.8, 4) is 0 Å². The zero-order chi connectivity index (χ0) is 26.7. The first-order chi connectivity index (χ1) is 17.7. The van der Waals surface area contributed by atoms with Crippen LogP contribution in [0.3, 0.4) is 0 Å². The summed E-state index contributed by atoms with van der Waals surface area (Å²) in [4.78, 5) is 46.1. The minimum absolute atomic E-state index is 0.241. The van der Waals surface area contributed by atoms with Crippen LogP contribution in [-0.2, 0) is 33.6 Å². The van der Waals surface area contributed by atoms with Crippen LogP contribution in [0.4, 0.5) is 4.79 Å². The number of alkyl carbamates (subject to hydrolysis) is 1. The molecular formula is C28H35N5O4. The number of aromatic amines is 1. The molecule has 3 rings (SSSR count). The van der Waals surface area contributed by atoms with Gasteiger partial charge in [-0.05, 0) is 31.9 Å². The van der Waals surface area contributed by atoms with E-state index in [-0.39, 0.29) is 12.3 Å². The highest BCUT2D eigenvalue weighted by molar-refractivity contribution is 5.91. The molecular weight excluding hydrogens is 470 g/mol. The molecule has 1 heterocycles. The summed E-state index contributed by atoms with van der Waals surface area (Å²) < 4.78 is 5.38. The predicted octanol–water partition coefficient (Wildman–Crippen LogP) is 2.93. The lowest BCUT2D eigenvalue weighted by atomic mass is 10.0. The molecule has 0 aliphatic rings. The lowest BCUT2D eigenvalue weighted by Gasteiger charge is -2.25. The minimum atomic E-state index is -0.937. The Hall–Kier alpha value is -4.14. The fourth-order valence-corrected chi connectivity index (χ4v) is 3.71. The lowest BCUT2D eigenvalue weighted by Crippen LogP contribution is -2.55. The standard InChI is InChI=1S/C28H35N5O4/c1-28(2,3)37-27(36)33-24(17-21-12-8-5-9-13-21)26(35)32-23(16-20-10-6-4-7-11-20)25(34)30-15-14-22-18-29-19-31-22/h4-13,18-19,23-24H,14-17H2,1-3H3,(H,29,31)(H,30,34)(H,32,35)(H,33,36). The van der Waals surface area contributed by atoms with Crippen LogP contribution in [0.2, 0.25) is 0 Å². The van der Waals surface area contributed by atoms with Crippen LogP contribution < -0.4 is 16.0 Å². The van der Waals surface area contributed by atoms with Gasteiger partial charge in [-0.2, -0.15) is 0 Å². The number of hydrogen-bond acceptors (Lipinski definition) is 5. The molecule has 37 heavy (non-hydrogen) atoms. The maximum Gasteiger partial charge on any atom is 0.408 e. The number of carbonyl (C=O) groups is 3. The number of amides is 3. The topological polar surface area (TPSA) is 125 Å². The van der Waals surface area contributed by atoms with Gasteiger partial charge in [-0.3, -0.25) is 9.59 Å². The van der Waals surface area contributed by atoms with Crippen LogP contribution in [-0.4, -0.2) is 52.1 Å². The van der Waals surface area contributed by atoms with E-state index in [9.17, 15) is 14.4 Å². The van der Waals surface area contributed by atoms with Crippen molar-refractivity contribution in [3.05, 3.63) is 90.0 Å². The zero-order valence-corrected chi connectivity index (χ0v) is 21.5. The van der Waals surface area contributed by atoms with E-state index in [1.165, 1.54) is 0 Å². The van der Waals surface area contributed by atoms with Crippen molar-refractivity contribution in [3.63, 3.8) is 0 Å². The number of aromatic nitrogens is 2. The van der Waals surface area contributed by atoms with Gasteiger partial charge in [0.15, 0.2) is 0 Å². The van der Waals surface area contributed by atoms with Crippen LogP contribution in [0.25, 0.3) is 0 Å². The second-order valence-electron chi connectivity index (χ2n) is 9.76. The molecule has 0 saturated carbocycles. The SMILES string of the molecule is CC(C)(C)OC(=O)NC(Cc1ccccc1)C(=O)NC(Cc1ccccc1)C(=O)NCCc1cnc[nH]1. The molecule has 0 bridgehead atoms. The van der Waals surface area contributed by atoms with E-state index in [0.717, 1.165) is 16.8 Å². The first kappa shape index (κ1) is 27.4. The largest absolute Gasteiger partial charge is 0.444 e. The van der Waals surface area contributed by atoms with Gasteiger partial charge >= 0.3 is 6.09 Å². The van der Waals surface area contributed by atoms with Crippen molar-refractivity contribution in [1.82, 2.24) is 25.9 Å². The molecule has 196 valence electrons. The van der Waals surface area contributed by atoms with Crippen molar-refractivity contribution < 1.29 is 19.1 Å². The number of benzene rings is 2. The van der Waals surface area contributed by atoms with E-state index in [1.807, 2.05) is 60.7 Å². The third-order valence-electron chi connectivity index (χ3n) is 5.45. The molecule has 2 unspecified atom stereocenters. The summed E-state index contributed by atoms with van der Waals surface area (Å²) in [7, 11) is 0. The van der Waals surface area contributed by atoms with Gasteiger partial charge in [0.05, 0.1) is 6.33 Å². The van der Waals surface area contributed by atoms with Gasteiger partial charge in [0.25, 0.3) is 0 Å². The minimum Gasteiger partial charge on any atom is -0.444 e. The maximum atomic E-state index is 13.4. The number of hydrogen-bond donors (Lipinski definition) is 4. The Morgan fingerprint density at radius 1 is 0.865 bits per heavy atom. The summed E-state index contributed by atoms with van der Waals surface area (Å²) in [5, 5.41) is 8.43. The Morgan fingerprint density at radius 2 is 1.43 bits per heavy atom. The van der Waals surface area contributed by atoms with Crippen LogP contribution in [0.15, 0.2) is 73.2 Å². The molecule has 0 aliphatic heterocycles. The molecule has 9 nitrogen and oxygen atoms in total. The van der Waals surface area contributed by atoms with Gasteiger partial charge in [-0.25, -0.2) is 9.78 Å². The van der Waals surface area contributed by atoms with E-state index in [2.05, 4.69) is 25.9 Å². The van der Waals surface area contributed by atoms with E-state index < -0.39 is 29.7 Å². The van der Waals surface area contributed by atoms with Gasteiger partial charge in [0, 0.05) is 37.7 Å². The third kappa shape index (κ3) is 9.79. The molecule has 0 aliphatic carbocycles. The van der Waals surface area contributed by atoms with Gasteiger partial charge in [0.2, 0.25) is 11.8 Å². The highest BCUT2D eigenvalue weighted by atomic mass is 16.6. The number of carbonyl (C=O) groups excluding carboxylic acids is 3. The molecule has 9 heteroatoms. The van der Waals surface area contributed by atoms with Crippen LogP contribution >= 0.6 is 0 Å². The van der Waals surface area contributed by atoms with E-state index in [0.29, 0.717) is 19.4 Å². The van der Waals surface area contributed by atoms with Gasteiger partial charge in [-0.1, -0.05) is 60.7 Å². The summed E-state index contributed by atoms with van der Waals surface area (Å²) in [6.45, 7) is 5.64. The number of nitrogens with zero attached hydrogens (tertiary/aromatic N) is 1. The summed E-state index contributed by atoms with van der Waals surface area (Å²) in [5.41, 5.74) is 1.94. The van der Waals surface area contributed by atoms with E-state index in [4.69, 9.17) is 4.74 Å². The fourth-order valence-electron chi connectivity index (χ4n) is 3.71. The summed E-state index contributed by atoms with van der Waals surface area (Å²) in [6, 6.07) is 17.0. The van der Waals surface area contributed by atoms with Gasteiger partial charge in [-0.15, -0.1) is 0 Å². The maximum absolute atomic E-state index is 13.4. The highest BCUT2D eigenvalue weighted by Crippen LogP contribution is 2.10. The summed E-state index contributed by atoms with van der Waals surface area (Å²) in [6.07, 6.45) is 3.70. The van der Waals surface area contributed by atoms with Gasteiger partial charge < -0.3 is 25.7 Å².